The molecule has 2 atom stereocenters. The summed E-state index contributed by atoms with van der Waals surface area (Å²) in [7, 11) is 1.84. The summed E-state index contributed by atoms with van der Waals surface area (Å²) in [6.07, 6.45) is -5.82. The third kappa shape index (κ3) is 6.53. The molecule has 4 aromatic rings. The SMILES string of the molecule is CN1CC[C@@H](Nc2cccc3c2cc(-c2noc(CNC(=O)OCc4ccccc4)n2)n3CC(F)(F)F)[C@@H](F)C1. The molecule has 1 amide bonds. The molecule has 1 fully saturated rings. The van der Waals surface area contributed by atoms with Gasteiger partial charge in [-0.2, -0.15) is 18.2 Å². The number of nitrogens with one attached hydrogen (secondary N) is 2. The minimum absolute atomic E-state index is 0.0135. The zero-order chi connectivity index (χ0) is 28.3. The van der Waals surface area contributed by atoms with Crippen LogP contribution in [0, 0.1) is 0 Å². The number of likely N-dealkylation sites (tertiary alicyclic amines) is 1. The molecule has 40 heavy (non-hydrogen) atoms. The van der Waals surface area contributed by atoms with Gasteiger partial charge >= 0.3 is 12.3 Å². The Balaban J connectivity index is 1.35. The number of benzene rings is 2. The number of rotatable bonds is 8. The molecule has 0 aliphatic carbocycles. The topological polar surface area (TPSA) is 97.5 Å². The van der Waals surface area contributed by atoms with E-state index in [1.807, 2.05) is 42.3 Å². The predicted molar refractivity (Wildman–Crippen MR) is 139 cm³/mol. The molecule has 212 valence electrons. The van der Waals surface area contributed by atoms with Crippen LogP contribution in [0.5, 0.6) is 0 Å². The summed E-state index contributed by atoms with van der Waals surface area (Å²) in [6.45, 7) is -0.429. The van der Waals surface area contributed by atoms with Crippen molar-refractivity contribution >= 4 is 22.7 Å². The number of alkyl halides is 4. The highest BCUT2D eigenvalue weighted by Gasteiger charge is 2.32. The number of aromatic nitrogens is 3. The lowest BCUT2D eigenvalue weighted by Crippen LogP contribution is -2.46. The first-order chi connectivity index (χ1) is 19.2. The van der Waals surface area contributed by atoms with Crippen LogP contribution in [0.25, 0.3) is 22.4 Å². The number of halogens is 4. The van der Waals surface area contributed by atoms with E-state index < -0.39 is 31.0 Å². The Hall–Kier alpha value is -4.13. The van der Waals surface area contributed by atoms with Crippen LogP contribution in [0.4, 0.5) is 28.0 Å². The second kappa shape index (κ2) is 11.5. The molecule has 2 aromatic heterocycles. The first-order valence-corrected chi connectivity index (χ1v) is 12.7. The number of ether oxygens (including phenoxy) is 1. The second-order valence-corrected chi connectivity index (χ2v) is 9.71. The van der Waals surface area contributed by atoms with Gasteiger partial charge in [-0.15, -0.1) is 0 Å². The van der Waals surface area contributed by atoms with E-state index in [0.29, 0.717) is 24.0 Å². The summed E-state index contributed by atoms with van der Waals surface area (Å²) in [4.78, 5) is 18.1. The van der Waals surface area contributed by atoms with Crippen LogP contribution in [0.2, 0.25) is 0 Å². The van der Waals surface area contributed by atoms with E-state index in [1.54, 1.807) is 18.2 Å². The lowest BCUT2D eigenvalue weighted by atomic mass is 10.0. The number of nitrogens with zero attached hydrogens (tertiary/aromatic N) is 4. The maximum atomic E-state index is 14.7. The summed E-state index contributed by atoms with van der Waals surface area (Å²) < 4.78 is 66.9. The Kier molecular flexibility index (Phi) is 7.92. The molecule has 2 aromatic carbocycles. The van der Waals surface area contributed by atoms with E-state index in [0.717, 1.165) is 10.1 Å². The van der Waals surface area contributed by atoms with Crippen molar-refractivity contribution in [3.63, 3.8) is 0 Å². The Morgan fingerprint density at radius 1 is 1.18 bits per heavy atom. The summed E-state index contributed by atoms with van der Waals surface area (Å²) >= 11 is 0. The first kappa shape index (κ1) is 27.4. The summed E-state index contributed by atoms with van der Waals surface area (Å²) in [6, 6.07) is 15.0. The lowest BCUT2D eigenvalue weighted by molar-refractivity contribution is -0.139. The maximum Gasteiger partial charge on any atom is 0.407 e. The molecule has 2 N–H and O–H groups in total. The van der Waals surface area contributed by atoms with Gasteiger partial charge in [-0.25, -0.2) is 9.18 Å². The molecule has 1 aliphatic heterocycles. The van der Waals surface area contributed by atoms with Crippen molar-refractivity contribution in [3.05, 3.63) is 66.1 Å². The van der Waals surface area contributed by atoms with Gasteiger partial charge in [0.2, 0.25) is 11.7 Å². The van der Waals surface area contributed by atoms with Crippen LogP contribution in [0.15, 0.2) is 59.1 Å². The van der Waals surface area contributed by atoms with Gasteiger partial charge in [-0.3, -0.25) is 0 Å². The highest BCUT2D eigenvalue weighted by molar-refractivity contribution is 5.96. The third-order valence-corrected chi connectivity index (χ3v) is 6.66. The average Bonchev–Trinajstić information content (AvgIpc) is 3.53. The van der Waals surface area contributed by atoms with Gasteiger partial charge in [0.15, 0.2) is 0 Å². The van der Waals surface area contributed by atoms with Gasteiger partial charge in [0.25, 0.3) is 0 Å². The number of amides is 1. The fourth-order valence-electron chi connectivity index (χ4n) is 4.72. The molecule has 0 unspecified atom stereocenters. The minimum Gasteiger partial charge on any atom is -0.445 e. The van der Waals surface area contributed by atoms with E-state index in [9.17, 15) is 22.4 Å². The number of piperidine rings is 1. The Labute approximate surface area is 227 Å². The molecule has 3 heterocycles. The summed E-state index contributed by atoms with van der Waals surface area (Å²) in [5.74, 6) is -0.0936. The monoisotopic (exact) mass is 560 g/mol. The van der Waals surface area contributed by atoms with Gasteiger partial charge < -0.3 is 29.4 Å². The number of anilines is 1. The van der Waals surface area contributed by atoms with Gasteiger partial charge in [0.05, 0.1) is 17.3 Å². The van der Waals surface area contributed by atoms with Gasteiger partial charge in [-0.05, 0) is 37.2 Å². The van der Waals surface area contributed by atoms with Crippen molar-refractivity contribution in [1.29, 1.82) is 0 Å². The Bertz CT molecular complexity index is 1460. The predicted octanol–water partition coefficient (Wildman–Crippen LogP) is 5.13. The summed E-state index contributed by atoms with van der Waals surface area (Å²) in [5, 5.41) is 10.0. The first-order valence-electron chi connectivity index (χ1n) is 12.7. The number of carbonyl (C=O) groups is 1. The molecule has 1 saturated heterocycles. The van der Waals surface area contributed by atoms with Crippen molar-refractivity contribution < 1.29 is 31.6 Å². The number of alkyl carbamates (subject to hydrolysis) is 1. The number of hydrogen-bond acceptors (Lipinski definition) is 7. The van der Waals surface area contributed by atoms with Crippen LogP contribution in [-0.2, 0) is 24.4 Å². The van der Waals surface area contributed by atoms with Crippen LogP contribution < -0.4 is 10.6 Å². The van der Waals surface area contributed by atoms with Crippen molar-refractivity contribution in [3.8, 4) is 11.5 Å². The minimum atomic E-state index is -4.53. The molecule has 5 rings (SSSR count). The molecule has 13 heteroatoms. The van der Waals surface area contributed by atoms with Gasteiger partial charge in [0, 0.05) is 24.2 Å². The van der Waals surface area contributed by atoms with E-state index >= 15 is 0 Å². The van der Waals surface area contributed by atoms with E-state index in [-0.39, 0.29) is 42.6 Å². The largest absolute Gasteiger partial charge is 0.445 e. The van der Waals surface area contributed by atoms with Crippen LogP contribution in [0.3, 0.4) is 0 Å². The average molecular weight is 561 g/mol. The molecule has 0 saturated carbocycles. The third-order valence-electron chi connectivity index (χ3n) is 6.66. The molecular formula is C27H28F4N6O3. The maximum absolute atomic E-state index is 14.7. The van der Waals surface area contributed by atoms with Crippen molar-refractivity contribution in [1.82, 2.24) is 24.9 Å². The molecule has 0 bridgehead atoms. The van der Waals surface area contributed by atoms with Crippen LogP contribution in [-0.4, -0.2) is 64.2 Å². The molecule has 9 nitrogen and oxygen atoms in total. The van der Waals surface area contributed by atoms with Crippen LogP contribution >= 0.6 is 0 Å². The zero-order valence-corrected chi connectivity index (χ0v) is 21.6. The number of hydrogen-bond donors (Lipinski definition) is 2. The van der Waals surface area contributed by atoms with Crippen molar-refractivity contribution in [2.45, 2.75) is 44.5 Å². The van der Waals surface area contributed by atoms with Gasteiger partial charge in [0.1, 0.15) is 25.9 Å². The number of carbonyl (C=O) groups excluding carboxylic acids is 1. The standard InChI is InChI=1S/C27H28F4N6O3/c1-36-11-10-21(19(28)14-36)33-20-8-5-9-22-18(20)12-23(37(22)16-27(29,30)31)25-34-24(40-35-25)13-32-26(38)39-15-17-6-3-2-4-7-17/h2-9,12,19,21,33H,10-11,13-16H2,1H3,(H,32,38)/t19-,21+/m0/s1. The molecular weight excluding hydrogens is 532 g/mol. The number of fused-ring (bicyclic) bond motifs is 1. The van der Waals surface area contributed by atoms with E-state index in [4.69, 9.17) is 9.26 Å². The molecule has 0 radical (unpaired) electrons. The van der Waals surface area contributed by atoms with E-state index in [2.05, 4.69) is 20.8 Å². The smallest absolute Gasteiger partial charge is 0.407 e. The van der Waals surface area contributed by atoms with Crippen molar-refractivity contribution in [2.75, 3.05) is 25.5 Å². The van der Waals surface area contributed by atoms with Crippen LogP contribution in [0.1, 0.15) is 17.9 Å². The molecule has 1 aliphatic rings. The highest BCUT2D eigenvalue weighted by Crippen LogP contribution is 2.35. The van der Waals surface area contributed by atoms with Gasteiger partial charge in [-0.1, -0.05) is 41.6 Å². The lowest BCUT2D eigenvalue weighted by Gasteiger charge is -2.33. The van der Waals surface area contributed by atoms with E-state index in [1.165, 1.54) is 6.07 Å². The fourth-order valence-corrected chi connectivity index (χ4v) is 4.72. The zero-order valence-electron chi connectivity index (χ0n) is 21.6. The Morgan fingerprint density at radius 3 is 2.73 bits per heavy atom. The van der Waals surface area contributed by atoms with Crippen molar-refractivity contribution in [2.24, 2.45) is 0 Å². The Morgan fingerprint density at radius 2 is 1.98 bits per heavy atom. The fraction of sp³-hybridized carbons (Fsp3) is 0.370. The summed E-state index contributed by atoms with van der Waals surface area (Å²) in [5.41, 5.74) is 1.68. The normalized spacial score (nSPS) is 18.1. The highest BCUT2D eigenvalue weighted by atomic mass is 19.4. The quantitative estimate of drug-likeness (QED) is 0.288. The molecule has 0 spiro atoms. The second-order valence-electron chi connectivity index (χ2n) is 9.71.